The Morgan fingerprint density at radius 3 is 3.08 bits per heavy atom. The first-order valence-corrected chi connectivity index (χ1v) is 4.59. The normalized spacial score (nSPS) is 10.6. The second-order valence-electron chi connectivity index (χ2n) is 2.70. The fourth-order valence-corrected chi connectivity index (χ4v) is 0.963. The lowest BCUT2D eigenvalue weighted by Gasteiger charge is -1.94. The average molecular weight is 184 g/mol. The molecule has 0 saturated carbocycles. The van der Waals surface area contributed by atoms with Crippen LogP contribution in [0.3, 0.4) is 0 Å². The number of hydrogen-bond donors (Lipinski definition) is 1. The minimum Gasteiger partial charge on any atom is -0.374 e. The fraction of sp³-hybridized carbons (Fsp3) is 0.667. The van der Waals surface area contributed by atoms with E-state index in [2.05, 4.69) is 17.4 Å². The highest BCUT2D eigenvalue weighted by Gasteiger charge is 2.02. The number of nitrogens with one attached hydrogen (secondary N) is 1. The molecule has 74 valence electrons. The molecule has 0 aliphatic rings. The first-order chi connectivity index (χ1) is 6.36. The van der Waals surface area contributed by atoms with E-state index in [1.807, 2.05) is 13.0 Å². The van der Waals surface area contributed by atoms with Crippen LogP contribution in [0.1, 0.15) is 25.3 Å². The zero-order valence-corrected chi connectivity index (χ0v) is 8.17. The van der Waals surface area contributed by atoms with Crippen molar-refractivity contribution < 1.29 is 9.26 Å². The minimum atomic E-state index is 0.510. The largest absolute Gasteiger partial charge is 0.374 e. The molecular weight excluding hydrogens is 168 g/mol. The maximum absolute atomic E-state index is 5.18. The number of hydrogen-bond acceptors (Lipinski definition) is 4. The summed E-state index contributed by atoms with van der Waals surface area (Å²) in [7, 11) is 0. The molecular formula is C9H16N2O2. The summed E-state index contributed by atoms with van der Waals surface area (Å²) in [6.07, 6.45) is 0. The number of aromatic nitrogens is 1. The molecule has 0 atom stereocenters. The van der Waals surface area contributed by atoms with E-state index in [4.69, 9.17) is 9.26 Å². The van der Waals surface area contributed by atoms with Crippen molar-refractivity contribution in [2.45, 2.75) is 27.0 Å². The summed E-state index contributed by atoms with van der Waals surface area (Å²) >= 11 is 0. The Balaban J connectivity index is 2.34. The molecule has 0 spiro atoms. The third kappa shape index (κ3) is 3.57. The van der Waals surface area contributed by atoms with E-state index in [1.165, 1.54) is 0 Å². The van der Waals surface area contributed by atoms with Crippen LogP contribution < -0.4 is 5.32 Å². The van der Waals surface area contributed by atoms with Crippen LogP contribution in [-0.4, -0.2) is 18.3 Å². The third-order valence-corrected chi connectivity index (χ3v) is 1.61. The standard InChI is InChI=1S/C9H16N2O2/c1-3-10-6-8-5-9(13-11-8)7-12-4-2/h5,10H,3-4,6-7H2,1-2H3. The van der Waals surface area contributed by atoms with E-state index in [0.29, 0.717) is 13.2 Å². The number of rotatable bonds is 6. The number of ether oxygens (including phenoxy) is 1. The maximum Gasteiger partial charge on any atom is 0.162 e. The summed E-state index contributed by atoms with van der Waals surface area (Å²) in [4.78, 5) is 0. The van der Waals surface area contributed by atoms with Crippen molar-refractivity contribution in [3.63, 3.8) is 0 Å². The molecule has 0 radical (unpaired) electrons. The van der Waals surface area contributed by atoms with Crippen molar-refractivity contribution in [1.82, 2.24) is 10.5 Å². The second kappa shape index (κ2) is 5.72. The molecule has 1 rings (SSSR count). The molecule has 1 aromatic rings. The Morgan fingerprint density at radius 1 is 1.54 bits per heavy atom. The predicted molar refractivity (Wildman–Crippen MR) is 49.2 cm³/mol. The quantitative estimate of drug-likeness (QED) is 0.724. The molecule has 4 nitrogen and oxygen atoms in total. The van der Waals surface area contributed by atoms with Crippen LogP contribution in [0.25, 0.3) is 0 Å². The molecule has 0 amide bonds. The Hall–Kier alpha value is -0.870. The van der Waals surface area contributed by atoms with Gasteiger partial charge in [-0.05, 0) is 13.5 Å². The topological polar surface area (TPSA) is 47.3 Å². The molecule has 0 aromatic carbocycles. The highest BCUT2D eigenvalue weighted by molar-refractivity contribution is 5.03. The van der Waals surface area contributed by atoms with Crippen LogP contribution >= 0.6 is 0 Å². The maximum atomic E-state index is 5.18. The van der Waals surface area contributed by atoms with Crippen LogP contribution in [0.2, 0.25) is 0 Å². The van der Waals surface area contributed by atoms with Crippen LogP contribution in [0.15, 0.2) is 10.6 Å². The van der Waals surface area contributed by atoms with Gasteiger partial charge in [-0.3, -0.25) is 0 Å². The van der Waals surface area contributed by atoms with Crippen LogP contribution in [0.5, 0.6) is 0 Å². The Labute approximate surface area is 78.2 Å². The molecule has 1 aromatic heterocycles. The van der Waals surface area contributed by atoms with Gasteiger partial charge in [0.1, 0.15) is 6.61 Å². The second-order valence-corrected chi connectivity index (χ2v) is 2.70. The lowest BCUT2D eigenvalue weighted by Crippen LogP contribution is -2.11. The average Bonchev–Trinajstić information content (AvgIpc) is 2.59. The van der Waals surface area contributed by atoms with Gasteiger partial charge in [-0.25, -0.2) is 0 Å². The van der Waals surface area contributed by atoms with Gasteiger partial charge in [0.2, 0.25) is 0 Å². The highest BCUT2D eigenvalue weighted by Crippen LogP contribution is 2.04. The lowest BCUT2D eigenvalue weighted by molar-refractivity contribution is 0.112. The zero-order valence-electron chi connectivity index (χ0n) is 8.17. The van der Waals surface area contributed by atoms with Crippen molar-refractivity contribution in [1.29, 1.82) is 0 Å². The summed E-state index contributed by atoms with van der Waals surface area (Å²) in [5.74, 6) is 0.787. The zero-order chi connectivity index (χ0) is 9.52. The molecule has 0 bridgehead atoms. The van der Waals surface area contributed by atoms with E-state index >= 15 is 0 Å². The van der Waals surface area contributed by atoms with Gasteiger partial charge >= 0.3 is 0 Å². The third-order valence-electron chi connectivity index (χ3n) is 1.61. The van der Waals surface area contributed by atoms with Gasteiger partial charge in [0.15, 0.2) is 5.76 Å². The fourth-order valence-electron chi connectivity index (χ4n) is 0.963. The minimum absolute atomic E-state index is 0.510. The summed E-state index contributed by atoms with van der Waals surface area (Å²) < 4.78 is 10.2. The van der Waals surface area contributed by atoms with Crippen molar-refractivity contribution in [3.05, 3.63) is 17.5 Å². The van der Waals surface area contributed by atoms with Crippen molar-refractivity contribution >= 4 is 0 Å². The molecule has 0 aliphatic heterocycles. The van der Waals surface area contributed by atoms with Gasteiger partial charge in [-0.1, -0.05) is 12.1 Å². The molecule has 1 heterocycles. The molecule has 0 saturated heterocycles. The Morgan fingerprint density at radius 2 is 2.38 bits per heavy atom. The molecule has 4 heteroatoms. The van der Waals surface area contributed by atoms with E-state index in [0.717, 1.165) is 24.5 Å². The van der Waals surface area contributed by atoms with Gasteiger partial charge < -0.3 is 14.6 Å². The molecule has 0 fully saturated rings. The van der Waals surface area contributed by atoms with Gasteiger partial charge in [0.25, 0.3) is 0 Å². The van der Waals surface area contributed by atoms with Crippen LogP contribution in [0, 0.1) is 0 Å². The van der Waals surface area contributed by atoms with E-state index < -0.39 is 0 Å². The summed E-state index contributed by atoms with van der Waals surface area (Å²) in [6, 6.07) is 1.92. The Kier molecular flexibility index (Phi) is 4.49. The van der Waals surface area contributed by atoms with Gasteiger partial charge in [-0.2, -0.15) is 0 Å². The first kappa shape index (κ1) is 10.2. The summed E-state index contributed by atoms with van der Waals surface area (Å²) in [6.45, 7) is 6.91. The lowest BCUT2D eigenvalue weighted by atomic mass is 10.3. The highest BCUT2D eigenvalue weighted by atomic mass is 16.5. The van der Waals surface area contributed by atoms with Gasteiger partial charge in [0.05, 0.1) is 5.69 Å². The summed E-state index contributed by atoms with van der Waals surface area (Å²) in [5, 5.41) is 7.06. The van der Waals surface area contributed by atoms with Gasteiger partial charge in [-0.15, -0.1) is 0 Å². The van der Waals surface area contributed by atoms with E-state index in [1.54, 1.807) is 0 Å². The summed E-state index contributed by atoms with van der Waals surface area (Å²) in [5.41, 5.74) is 0.927. The van der Waals surface area contributed by atoms with Crippen molar-refractivity contribution in [2.75, 3.05) is 13.2 Å². The van der Waals surface area contributed by atoms with Crippen LogP contribution in [0.4, 0.5) is 0 Å². The molecule has 1 N–H and O–H groups in total. The Bertz CT molecular complexity index is 213. The van der Waals surface area contributed by atoms with Crippen LogP contribution in [-0.2, 0) is 17.9 Å². The monoisotopic (exact) mass is 184 g/mol. The molecule has 0 aliphatic carbocycles. The SMILES string of the molecule is CCNCc1cc(COCC)on1. The first-order valence-electron chi connectivity index (χ1n) is 4.59. The molecule has 0 unspecified atom stereocenters. The number of nitrogens with zero attached hydrogens (tertiary/aromatic N) is 1. The van der Waals surface area contributed by atoms with Crippen molar-refractivity contribution in [2.24, 2.45) is 0 Å². The van der Waals surface area contributed by atoms with E-state index in [9.17, 15) is 0 Å². The predicted octanol–water partition coefficient (Wildman–Crippen LogP) is 1.32. The van der Waals surface area contributed by atoms with Gasteiger partial charge in [0, 0.05) is 19.2 Å². The molecule has 13 heavy (non-hydrogen) atoms. The van der Waals surface area contributed by atoms with E-state index in [-0.39, 0.29) is 0 Å². The smallest absolute Gasteiger partial charge is 0.162 e. The van der Waals surface area contributed by atoms with Crippen molar-refractivity contribution in [3.8, 4) is 0 Å².